The summed E-state index contributed by atoms with van der Waals surface area (Å²) in [7, 11) is 0. The summed E-state index contributed by atoms with van der Waals surface area (Å²) in [5.74, 6) is -0.733. The highest BCUT2D eigenvalue weighted by Gasteiger charge is 2.41. The van der Waals surface area contributed by atoms with Crippen LogP contribution in [0, 0.1) is 5.92 Å². The van der Waals surface area contributed by atoms with Gasteiger partial charge in [-0.3, -0.25) is 14.8 Å². The Morgan fingerprint density at radius 3 is 1.63 bits per heavy atom. The third kappa shape index (κ3) is 14.4. The highest BCUT2D eigenvalue weighted by molar-refractivity contribution is 6.31. The van der Waals surface area contributed by atoms with Crippen LogP contribution in [0.3, 0.4) is 0 Å². The number of aliphatic hydroxyl groups is 2. The van der Waals surface area contributed by atoms with Gasteiger partial charge in [-0.05, 0) is 228 Å². The fourth-order valence-corrected chi connectivity index (χ4v) is 13.6. The van der Waals surface area contributed by atoms with Crippen LogP contribution in [0.5, 0.6) is 0 Å². The van der Waals surface area contributed by atoms with E-state index in [0.717, 1.165) is 141 Å². The maximum Gasteiger partial charge on any atom is 0.409 e. The van der Waals surface area contributed by atoms with Crippen LogP contribution in [-0.2, 0) is 46.2 Å². The quantitative estimate of drug-likeness (QED) is 0.0986. The van der Waals surface area contributed by atoms with E-state index in [0.29, 0.717) is 26.1 Å². The number of ether oxygens (including phenoxy) is 1. The van der Waals surface area contributed by atoms with Crippen molar-refractivity contribution in [1.82, 2.24) is 25.1 Å². The molecule has 0 saturated carbocycles. The number of carbonyl (C=O) groups excluding carboxylic acids is 1. The Morgan fingerprint density at radius 2 is 1.13 bits per heavy atom. The van der Waals surface area contributed by atoms with Crippen molar-refractivity contribution in [1.29, 1.82) is 0 Å². The Bertz CT molecular complexity index is 3470. The fourth-order valence-electron chi connectivity index (χ4n) is 13.2. The number of benzene rings is 5. The molecule has 5 heterocycles. The van der Waals surface area contributed by atoms with Crippen molar-refractivity contribution in [3.05, 3.63) is 246 Å². The number of aliphatic carboxylic acids is 1. The summed E-state index contributed by atoms with van der Waals surface area (Å²) in [6, 6.07) is 48.2. The number of aryl methyl sites for hydroxylation is 4. The first-order valence-electron chi connectivity index (χ1n) is 30.8. The molecule has 448 valence electrons. The van der Waals surface area contributed by atoms with Gasteiger partial charge in [-0.15, -0.1) is 0 Å². The number of pyridine rings is 2. The van der Waals surface area contributed by atoms with Crippen molar-refractivity contribution in [2.24, 2.45) is 5.92 Å². The number of piperidine rings is 3. The van der Waals surface area contributed by atoms with E-state index >= 15 is 0 Å². The molecule has 2 aromatic heterocycles. The zero-order valence-corrected chi connectivity index (χ0v) is 51.4. The molecular weight excluding hydrogens is 1110 g/mol. The molecule has 86 heavy (non-hydrogen) atoms. The number of hydrogen-bond acceptors (Lipinski definition) is 9. The third-order valence-electron chi connectivity index (χ3n) is 18.2. The van der Waals surface area contributed by atoms with E-state index in [1.54, 1.807) is 30.9 Å². The number of fused-ring (bicyclic) bond motifs is 4. The van der Waals surface area contributed by atoms with Crippen molar-refractivity contribution in [3.8, 4) is 0 Å². The van der Waals surface area contributed by atoms with Gasteiger partial charge >= 0.3 is 12.1 Å². The molecule has 4 N–H and O–H groups in total. The number of nitrogens with one attached hydrogen (secondary N) is 1. The van der Waals surface area contributed by atoms with Gasteiger partial charge in [-0.2, -0.15) is 0 Å². The highest BCUT2D eigenvalue weighted by atomic mass is 35.5. The summed E-state index contributed by atoms with van der Waals surface area (Å²) >= 11 is 12.5. The first-order chi connectivity index (χ1) is 41.7. The van der Waals surface area contributed by atoms with Crippen molar-refractivity contribution in [2.75, 3.05) is 52.4 Å². The molecule has 3 aliphatic heterocycles. The number of aliphatic hydroxyl groups excluding tert-OH is 1. The van der Waals surface area contributed by atoms with E-state index in [9.17, 15) is 24.9 Å². The lowest BCUT2D eigenvalue weighted by Gasteiger charge is -2.42. The predicted octanol–water partition coefficient (Wildman–Crippen LogP) is 14.4. The first-order valence-corrected chi connectivity index (χ1v) is 31.6. The van der Waals surface area contributed by atoms with Gasteiger partial charge in [0.15, 0.2) is 0 Å². The summed E-state index contributed by atoms with van der Waals surface area (Å²) in [5.41, 5.74) is 17.1. The van der Waals surface area contributed by atoms with Crippen LogP contribution in [0.4, 0.5) is 4.79 Å². The van der Waals surface area contributed by atoms with Gasteiger partial charge in [0.1, 0.15) is 5.60 Å². The Labute approximate surface area is 517 Å². The van der Waals surface area contributed by atoms with Crippen LogP contribution in [0.1, 0.15) is 145 Å². The Morgan fingerprint density at radius 1 is 0.628 bits per heavy atom. The van der Waals surface area contributed by atoms with Crippen LogP contribution < -0.4 is 5.32 Å². The second-order valence-electron chi connectivity index (χ2n) is 23.8. The van der Waals surface area contributed by atoms with Crippen molar-refractivity contribution in [3.63, 3.8) is 0 Å². The van der Waals surface area contributed by atoms with Crippen LogP contribution in [0.15, 0.2) is 169 Å². The molecule has 13 heteroatoms. The minimum Gasteiger partial charge on any atom is -0.481 e. The molecular formula is C73H81Cl2N5O6. The molecule has 12 rings (SSSR count). The lowest BCUT2D eigenvalue weighted by Crippen LogP contribution is -2.44. The van der Waals surface area contributed by atoms with Crippen molar-refractivity contribution >= 4 is 46.4 Å². The zero-order valence-electron chi connectivity index (χ0n) is 49.9. The lowest BCUT2D eigenvalue weighted by atomic mass is 9.72. The molecule has 3 fully saturated rings. The monoisotopic (exact) mass is 1190 g/mol. The molecule has 5 aromatic carbocycles. The number of aromatic nitrogens is 2. The first kappa shape index (κ1) is 62.1. The summed E-state index contributed by atoms with van der Waals surface area (Å²) in [5, 5.41) is 37.2. The van der Waals surface area contributed by atoms with Gasteiger partial charge in [-0.25, -0.2) is 4.79 Å². The summed E-state index contributed by atoms with van der Waals surface area (Å²) < 4.78 is 5.15. The smallest absolute Gasteiger partial charge is 0.409 e. The normalized spacial score (nSPS) is 16.8. The predicted molar refractivity (Wildman–Crippen MR) is 345 cm³/mol. The Kier molecular flexibility index (Phi) is 20.7. The molecule has 1 amide bonds. The molecule has 3 saturated heterocycles. The maximum atomic E-state index is 12.1. The number of carbonyl (C=O) groups is 2. The van der Waals surface area contributed by atoms with E-state index < -0.39 is 23.1 Å². The minimum atomic E-state index is -1.01. The molecule has 11 nitrogen and oxygen atoms in total. The number of halogens is 2. The van der Waals surface area contributed by atoms with E-state index in [1.165, 1.54) is 61.4 Å². The van der Waals surface area contributed by atoms with E-state index in [2.05, 4.69) is 46.6 Å². The number of amides is 1. The number of hydrogen-bond donors (Lipinski definition) is 4. The van der Waals surface area contributed by atoms with E-state index in [4.69, 9.17) is 37.9 Å². The van der Waals surface area contributed by atoms with Crippen molar-refractivity contribution < 1.29 is 29.6 Å². The second-order valence-corrected chi connectivity index (χ2v) is 24.7. The van der Waals surface area contributed by atoms with Crippen molar-refractivity contribution in [2.45, 2.75) is 115 Å². The molecule has 0 bridgehead atoms. The van der Waals surface area contributed by atoms with E-state index in [1.807, 2.05) is 116 Å². The SMILES string of the molecule is CC(C)(C(=O)O)c1ccc(C(O)CCCN2CCC(C(O)(c3ccccc3)c3ccccc3)CC2)cc1.CCOC(=O)N1CCC(=C2c3ccc(Cl)cc3CCc3cccnc32)CC1.Clc1ccc2c(c1)CCc1cccnc1C2=C1CCNCC1. The highest BCUT2D eigenvalue weighted by Crippen LogP contribution is 2.43. The summed E-state index contributed by atoms with van der Waals surface area (Å²) in [4.78, 5) is 37.2. The number of rotatable bonds is 11. The zero-order chi connectivity index (χ0) is 60.2. The van der Waals surface area contributed by atoms with Gasteiger partial charge in [0.2, 0.25) is 0 Å². The molecule has 1 atom stereocenters. The molecule has 2 aliphatic carbocycles. The van der Waals surface area contributed by atoms with Crippen LogP contribution in [0.25, 0.3) is 11.1 Å². The topological polar surface area (TPSA) is 148 Å². The summed E-state index contributed by atoms with van der Waals surface area (Å²) in [6.07, 6.45) is 14.2. The fraction of sp³-hybridized carbons (Fsp3) is 0.370. The Balaban J connectivity index is 0.000000148. The standard InChI is InChI=1S/C32H39NO4.C22H23ClN2O2.C19H19ClN2/c1-31(2,30(35)36)25-17-15-24(16-18-25)29(34)14-9-21-33-22-19-28(20-23-33)32(37,26-10-5-3-6-11-26)27-12-7-4-8-13-27;1-2-27-22(26)25-12-9-15(10-13-25)20-19-8-7-18(23)14-17(19)6-5-16-4-3-11-24-21(16)20;20-16-5-6-17-15(12-16)4-3-14-2-1-9-22-19(14)18(17)13-7-10-21-11-8-13/h3-8,10-13,15-18,28-29,34,37H,9,14,19-23H2,1-2H3,(H,35,36);3-4,7-8,11,14H,2,5-6,9-10,12-13H2,1H3;1-2,5-6,9,12,21H,3-4,7-8,10-11H2. The maximum absolute atomic E-state index is 12.1. The van der Waals surface area contributed by atoms with Gasteiger partial charge in [0, 0.05) is 46.7 Å². The van der Waals surface area contributed by atoms with Gasteiger partial charge in [-0.1, -0.05) is 144 Å². The van der Waals surface area contributed by atoms with Gasteiger partial charge in [0.25, 0.3) is 0 Å². The third-order valence-corrected chi connectivity index (χ3v) is 18.6. The minimum absolute atomic E-state index is 0.132. The molecule has 1 unspecified atom stereocenters. The molecule has 7 aromatic rings. The van der Waals surface area contributed by atoms with Gasteiger partial charge < -0.3 is 35.2 Å². The van der Waals surface area contributed by atoms with Crippen LogP contribution >= 0.6 is 23.2 Å². The number of carboxylic acids is 1. The molecule has 0 spiro atoms. The molecule has 0 radical (unpaired) electrons. The summed E-state index contributed by atoms with van der Waals surface area (Å²) in [6.45, 7) is 11.8. The average molecular weight is 1200 g/mol. The van der Waals surface area contributed by atoms with Gasteiger partial charge in [0.05, 0.1) is 29.5 Å². The number of likely N-dealkylation sites (tertiary alicyclic amines) is 2. The number of carboxylic acid groups (broad SMARTS) is 1. The van der Waals surface area contributed by atoms with Crippen LogP contribution in [-0.4, -0.2) is 99.6 Å². The largest absolute Gasteiger partial charge is 0.481 e. The Hall–Kier alpha value is -6.96. The van der Waals surface area contributed by atoms with Crippen LogP contribution in [0.2, 0.25) is 10.0 Å². The van der Waals surface area contributed by atoms with E-state index in [-0.39, 0.29) is 12.0 Å². The molecule has 5 aliphatic rings. The average Bonchev–Trinajstić information content (AvgIpc) is 2.98. The lowest BCUT2D eigenvalue weighted by molar-refractivity contribution is -0.142. The number of nitrogens with zero attached hydrogens (tertiary/aromatic N) is 4. The second kappa shape index (κ2) is 28.7.